The molecule has 2 aromatic heterocycles. The number of halogens is 3. The highest BCUT2D eigenvalue weighted by Crippen LogP contribution is 2.35. The second-order valence-electron chi connectivity index (χ2n) is 7.05. The normalized spacial score (nSPS) is 11.4. The third-order valence-electron chi connectivity index (χ3n) is 4.81. The predicted molar refractivity (Wildman–Crippen MR) is 120 cm³/mol. The number of aryl methyl sites for hydroxylation is 1. The van der Waals surface area contributed by atoms with Crippen molar-refractivity contribution in [2.24, 2.45) is 0 Å². The molecule has 4 rings (SSSR count). The number of hydrogen-bond donors (Lipinski definition) is 1. The van der Waals surface area contributed by atoms with E-state index in [2.05, 4.69) is 15.4 Å². The van der Waals surface area contributed by atoms with Gasteiger partial charge in [-0.25, -0.2) is 9.67 Å². The van der Waals surface area contributed by atoms with Crippen LogP contribution in [0.15, 0.2) is 60.1 Å². The van der Waals surface area contributed by atoms with E-state index < -0.39 is 23.3 Å². The van der Waals surface area contributed by atoms with E-state index in [-0.39, 0.29) is 10.8 Å². The molecule has 170 valence electrons. The highest BCUT2D eigenvalue weighted by atomic mass is 32.1. The second-order valence-corrected chi connectivity index (χ2v) is 7.91. The number of anilines is 1. The zero-order valence-corrected chi connectivity index (χ0v) is 18.5. The highest BCUT2D eigenvalue weighted by Gasteiger charge is 2.41. The number of hydrogen-bond acceptors (Lipinski definition) is 5. The van der Waals surface area contributed by atoms with E-state index >= 15 is 0 Å². The Bertz CT molecular complexity index is 1280. The minimum atomic E-state index is -4.79. The largest absolute Gasteiger partial charge is 0.494 e. The van der Waals surface area contributed by atoms with Crippen molar-refractivity contribution in [3.8, 4) is 22.7 Å². The predicted octanol–water partition coefficient (Wildman–Crippen LogP) is 5.97. The van der Waals surface area contributed by atoms with Crippen LogP contribution in [-0.4, -0.2) is 27.3 Å². The lowest BCUT2D eigenvalue weighted by Crippen LogP contribution is -2.21. The summed E-state index contributed by atoms with van der Waals surface area (Å²) in [5.41, 5.74) is 0.499. The van der Waals surface area contributed by atoms with Gasteiger partial charge in [0.1, 0.15) is 5.75 Å². The maximum absolute atomic E-state index is 13.9. The molecular formula is C23H19F3N4O2S. The van der Waals surface area contributed by atoms with Crippen LogP contribution < -0.4 is 10.1 Å². The Balaban J connectivity index is 1.60. The number of benzene rings is 2. The summed E-state index contributed by atoms with van der Waals surface area (Å²) < 4.78 is 47.9. The molecule has 0 bridgehead atoms. The van der Waals surface area contributed by atoms with Crippen LogP contribution in [0.1, 0.15) is 28.5 Å². The van der Waals surface area contributed by atoms with Crippen molar-refractivity contribution >= 4 is 22.4 Å². The smallest absolute Gasteiger partial charge is 0.434 e. The molecule has 0 aliphatic heterocycles. The minimum absolute atomic E-state index is 0.181. The number of ether oxygens (including phenoxy) is 1. The van der Waals surface area contributed by atoms with Gasteiger partial charge in [0.15, 0.2) is 10.8 Å². The molecule has 33 heavy (non-hydrogen) atoms. The quantitative estimate of drug-likeness (QED) is 0.375. The molecule has 0 fully saturated rings. The molecule has 0 saturated carbocycles. The zero-order valence-electron chi connectivity index (χ0n) is 17.7. The molecule has 10 heteroatoms. The Labute approximate surface area is 191 Å². The Morgan fingerprint density at radius 1 is 1.15 bits per heavy atom. The van der Waals surface area contributed by atoms with E-state index in [0.717, 1.165) is 33.5 Å². The number of para-hydroxylation sites is 1. The van der Waals surface area contributed by atoms with Crippen molar-refractivity contribution in [1.29, 1.82) is 0 Å². The molecule has 0 spiro atoms. The third-order valence-corrected chi connectivity index (χ3v) is 5.57. The van der Waals surface area contributed by atoms with Crippen molar-refractivity contribution in [1.82, 2.24) is 14.8 Å². The van der Waals surface area contributed by atoms with Crippen molar-refractivity contribution < 1.29 is 22.7 Å². The van der Waals surface area contributed by atoms with Gasteiger partial charge in [-0.15, -0.1) is 11.3 Å². The van der Waals surface area contributed by atoms with Crippen molar-refractivity contribution in [2.45, 2.75) is 20.0 Å². The average molecular weight is 472 g/mol. The molecule has 1 N–H and O–H groups in total. The van der Waals surface area contributed by atoms with Gasteiger partial charge in [0.05, 0.1) is 29.7 Å². The summed E-state index contributed by atoms with van der Waals surface area (Å²) in [6.07, 6.45) is -3.87. The minimum Gasteiger partial charge on any atom is -0.494 e. The van der Waals surface area contributed by atoms with E-state index in [1.165, 1.54) is 6.07 Å². The fraction of sp³-hybridized carbons (Fsp3) is 0.174. The van der Waals surface area contributed by atoms with E-state index in [9.17, 15) is 18.0 Å². The van der Waals surface area contributed by atoms with Gasteiger partial charge in [0, 0.05) is 10.9 Å². The molecule has 1 amide bonds. The van der Waals surface area contributed by atoms with Crippen LogP contribution >= 0.6 is 11.3 Å². The van der Waals surface area contributed by atoms with Crippen LogP contribution in [0.5, 0.6) is 5.75 Å². The Hall–Kier alpha value is -3.66. The first kappa shape index (κ1) is 22.5. The molecule has 0 saturated heterocycles. The summed E-state index contributed by atoms with van der Waals surface area (Å²) in [7, 11) is 0. The van der Waals surface area contributed by atoms with E-state index in [4.69, 9.17) is 4.74 Å². The summed E-state index contributed by atoms with van der Waals surface area (Å²) in [6, 6.07) is 13.8. The molecule has 2 heterocycles. The summed E-state index contributed by atoms with van der Waals surface area (Å²) in [6.45, 7) is 4.11. The van der Waals surface area contributed by atoms with Crippen molar-refractivity contribution in [3.63, 3.8) is 0 Å². The third kappa shape index (κ3) is 4.75. The monoisotopic (exact) mass is 472 g/mol. The summed E-state index contributed by atoms with van der Waals surface area (Å²) in [5, 5.41) is 8.22. The summed E-state index contributed by atoms with van der Waals surface area (Å²) in [5.74, 6) is -0.217. The molecule has 0 aliphatic rings. The molecule has 0 radical (unpaired) electrons. The lowest BCUT2D eigenvalue weighted by molar-refractivity contribution is -0.143. The number of nitrogens with zero attached hydrogens (tertiary/aromatic N) is 3. The van der Waals surface area contributed by atoms with Crippen LogP contribution in [-0.2, 0) is 6.18 Å². The molecule has 2 aromatic carbocycles. The van der Waals surface area contributed by atoms with Gasteiger partial charge < -0.3 is 4.74 Å². The van der Waals surface area contributed by atoms with Crippen molar-refractivity contribution in [2.75, 3.05) is 11.9 Å². The van der Waals surface area contributed by atoms with Gasteiger partial charge in [-0.05, 0) is 49.7 Å². The Morgan fingerprint density at radius 3 is 2.55 bits per heavy atom. The molecule has 0 atom stereocenters. The lowest BCUT2D eigenvalue weighted by atomic mass is 10.1. The fourth-order valence-electron chi connectivity index (χ4n) is 3.29. The van der Waals surface area contributed by atoms with E-state index in [1.807, 2.05) is 19.1 Å². The van der Waals surface area contributed by atoms with Gasteiger partial charge >= 0.3 is 6.18 Å². The first-order valence-corrected chi connectivity index (χ1v) is 10.9. The number of alkyl halides is 3. The van der Waals surface area contributed by atoms with E-state index in [0.29, 0.717) is 17.9 Å². The van der Waals surface area contributed by atoms with Crippen LogP contribution in [0.2, 0.25) is 0 Å². The number of nitrogens with one attached hydrogen (secondary N) is 1. The number of thiazole rings is 1. The second kappa shape index (κ2) is 9.07. The van der Waals surface area contributed by atoms with Crippen LogP contribution in [0.4, 0.5) is 18.3 Å². The van der Waals surface area contributed by atoms with Crippen LogP contribution in [0.25, 0.3) is 16.9 Å². The number of amides is 1. The molecule has 4 aromatic rings. The van der Waals surface area contributed by atoms with Gasteiger partial charge in [-0.1, -0.05) is 18.2 Å². The van der Waals surface area contributed by atoms with Crippen molar-refractivity contribution in [3.05, 3.63) is 76.9 Å². The summed E-state index contributed by atoms with van der Waals surface area (Å²) >= 11 is 1.12. The number of rotatable bonds is 6. The molecule has 0 unspecified atom stereocenters. The van der Waals surface area contributed by atoms with Gasteiger partial charge in [-0.3, -0.25) is 10.1 Å². The molecular weight excluding hydrogens is 453 g/mol. The number of aromatic nitrogens is 3. The number of carbonyl (C=O) groups is 1. The standard InChI is InChI=1S/C23H19F3N4O2S/c1-3-32-16-10-8-15(9-11-16)18-13-33-22(28-18)29-21(31)17-12-27-30(20(17)23(24,25)26)19-7-5-4-6-14(19)2/h4-13H,3H2,1-2H3,(H,28,29,31). The summed E-state index contributed by atoms with van der Waals surface area (Å²) in [4.78, 5) is 17.1. The van der Waals surface area contributed by atoms with Crippen LogP contribution in [0.3, 0.4) is 0 Å². The van der Waals surface area contributed by atoms with E-state index in [1.54, 1.807) is 42.6 Å². The van der Waals surface area contributed by atoms with Gasteiger partial charge in [0.2, 0.25) is 0 Å². The lowest BCUT2D eigenvalue weighted by Gasteiger charge is -2.14. The Kier molecular flexibility index (Phi) is 6.19. The maximum Gasteiger partial charge on any atom is 0.434 e. The first-order chi connectivity index (χ1) is 15.8. The Morgan fingerprint density at radius 2 is 1.88 bits per heavy atom. The van der Waals surface area contributed by atoms with Gasteiger partial charge in [-0.2, -0.15) is 18.3 Å². The molecule has 6 nitrogen and oxygen atoms in total. The topological polar surface area (TPSA) is 69.0 Å². The molecule has 0 aliphatic carbocycles. The van der Waals surface area contributed by atoms with Gasteiger partial charge in [0.25, 0.3) is 5.91 Å². The fourth-order valence-corrected chi connectivity index (χ4v) is 4.00. The first-order valence-electron chi connectivity index (χ1n) is 9.99. The zero-order chi connectivity index (χ0) is 23.6. The SMILES string of the molecule is CCOc1ccc(-c2csc(NC(=O)c3cnn(-c4ccccc4C)c3C(F)(F)F)n2)cc1. The van der Waals surface area contributed by atoms with Crippen LogP contribution in [0, 0.1) is 6.92 Å². The maximum atomic E-state index is 13.9. The average Bonchev–Trinajstić information content (AvgIpc) is 3.42. The number of carbonyl (C=O) groups excluding carboxylic acids is 1. The highest BCUT2D eigenvalue weighted by molar-refractivity contribution is 7.14.